The summed E-state index contributed by atoms with van der Waals surface area (Å²) in [6.07, 6.45) is 2.34. The summed E-state index contributed by atoms with van der Waals surface area (Å²) in [5, 5.41) is 13.1. The van der Waals surface area contributed by atoms with E-state index in [0.717, 1.165) is 17.4 Å². The van der Waals surface area contributed by atoms with Crippen molar-refractivity contribution in [2.24, 2.45) is 11.8 Å². The van der Waals surface area contributed by atoms with E-state index in [2.05, 4.69) is 23.3 Å². The molecule has 1 aliphatic carbocycles. The Balaban J connectivity index is 1.49. The highest BCUT2D eigenvalue weighted by molar-refractivity contribution is 5.87. The number of carbonyl (C=O) groups is 1. The number of hydrogen-bond donors (Lipinski definition) is 1. The Morgan fingerprint density at radius 1 is 1.34 bits per heavy atom. The first kappa shape index (κ1) is 19.6. The average molecular weight is 398 g/mol. The molecule has 2 fully saturated rings. The van der Waals surface area contributed by atoms with E-state index in [1.165, 1.54) is 0 Å². The van der Waals surface area contributed by atoms with Crippen LogP contribution in [-0.2, 0) is 0 Å². The van der Waals surface area contributed by atoms with Crippen LogP contribution in [0.2, 0.25) is 0 Å². The van der Waals surface area contributed by atoms with E-state index < -0.39 is 5.92 Å². The van der Waals surface area contributed by atoms with E-state index in [0.29, 0.717) is 36.6 Å². The van der Waals surface area contributed by atoms with Crippen LogP contribution in [0.5, 0.6) is 0 Å². The van der Waals surface area contributed by atoms with Crippen LogP contribution < -0.4 is 5.32 Å². The third-order valence-electron chi connectivity index (χ3n) is 6.03. The summed E-state index contributed by atoms with van der Waals surface area (Å²) in [7, 11) is 0. The molecule has 0 spiro atoms. The Kier molecular flexibility index (Phi) is 5.12. The van der Waals surface area contributed by atoms with Crippen molar-refractivity contribution in [1.29, 1.82) is 5.26 Å². The summed E-state index contributed by atoms with van der Waals surface area (Å²) in [6.45, 7) is 3.62. The third kappa shape index (κ3) is 4.02. The first-order valence-corrected chi connectivity index (χ1v) is 10.0. The lowest BCUT2D eigenvalue weighted by atomic mass is 9.81. The Hall–Kier alpha value is -2.75. The van der Waals surface area contributed by atoms with Gasteiger partial charge >= 0.3 is 6.03 Å². The van der Waals surface area contributed by atoms with Gasteiger partial charge in [-0.1, -0.05) is 19.1 Å². The lowest BCUT2D eigenvalue weighted by molar-refractivity contribution is -0.108. The first-order chi connectivity index (χ1) is 13.9. The zero-order valence-corrected chi connectivity index (χ0v) is 16.4. The highest BCUT2D eigenvalue weighted by Crippen LogP contribution is 2.42. The number of benzene rings is 1. The fourth-order valence-electron chi connectivity index (χ4n) is 4.66. The fourth-order valence-corrected chi connectivity index (χ4v) is 4.66. The van der Waals surface area contributed by atoms with Crippen molar-refractivity contribution < 1.29 is 13.6 Å². The molecular formula is C22H24F2N4O. The molecule has 0 radical (unpaired) electrons. The number of nitrogens with zero attached hydrogens (tertiary/aromatic N) is 3. The quantitative estimate of drug-likeness (QED) is 0.839. The molecule has 1 saturated heterocycles. The van der Waals surface area contributed by atoms with Crippen LogP contribution in [0, 0.1) is 23.2 Å². The predicted molar refractivity (Wildman–Crippen MR) is 106 cm³/mol. The van der Waals surface area contributed by atoms with Crippen LogP contribution in [0.1, 0.15) is 43.2 Å². The number of alkyl halides is 2. The van der Waals surface area contributed by atoms with Gasteiger partial charge < -0.3 is 10.2 Å². The number of nitriles is 1. The molecular weight excluding hydrogens is 374 g/mol. The minimum absolute atomic E-state index is 0.136. The maximum absolute atomic E-state index is 13.0. The number of halogens is 2. The van der Waals surface area contributed by atoms with E-state index in [9.17, 15) is 18.8 Å². The predicted octanol–water partition coefficient (Wildman–Crippen LogP) is 4.29. The summed E-state index contributed by atoms with van der Waals surface area (Å²) in [4.78, 5) is 18.8. The number of likely N-dealkylation sites (tertiary alicyclic amines) is 1. The Bertz CT molecular complexity index is 963. The molecule has 4 rings (SSSR count). The molecule has 29 heavy (non-hydrogen) atoms. The molecule has 1 N–H and O–H groups in total. The number of fused-ring (bicyclic) bond motifs is 1. The zero-order chi connectivity index (χ0) is 20.6. The highest BCUT2D eigenvalue weighted by atomic mass is 19.3. The van der Waals surface area contributed by atoms with Crippen LogP contribution in [0.3, 0.4) is 0 Å². The highest BCUT2D eigenvalue weighted by Gasteiger charge is 2.45. The van der Waals surface area contributed by atoms with Crippen LogP contribution in [-0.4, -0.2) is 41.5 Å². The second-order valence-electron chi connectivity index (χ2n) is 8.47. The third-order valence-corrected chi connectivity index (χ3v) is 6.03. The molecule has 2 heterocycles. The summed E-state index contributed by atoms with van der Waals surface area (Å²) in [5.41, 5.74) is 2.32. The lowest BCUT2D eigenvalue weighted by Gasteiger charge is -2.38. The Labute approximate surface area is 168 Å². The number of piperidine rings is 1. The van der Waals surface area contributed by atoms with Crippen LogP contribution in [0.4, 0.5) is 13.6 Å². The average Bonchev–Trinajstić information content (AvgIpc) is 2.69. The van der Waals surface area contributed by atoms with Gasteiger partial charge in [-0.05, 0) is 36.0 Å². The maximum atomic E-state index is 13.0. The number of carbonyl (C=O) groups excluding carboxylic acids is 1. The molecule has 1 aromatic carbocycles. The van der Waals surface area contributed by atoms with Gasteiger partial charge in [-0.3, -0.25) is 4.98 Å². The molecule has 1 aromatic heterocycles. The molecule has 5 nitrogen and oxygen atoms in total. The second kappa shape index (κ2) is 7.58. The molecule has 2 amide bonds. The van der Waals surface area contributed by atoms with Gasteiger partial charge in [-0.15, -0.1) is 0 Å². The molecule has 152 valence electrons. The number of aromatic nitrogens is 1. The van der Waals surface area contributed by atoms with E-state index in [4.69, 9.17) is 0 Å². The van der Waals surface area contributed by atoms with Crippen LogP contribution >= 0.6 is 0 Å². The summed E-state index contributed by atoms with van der Waals surface area (Å²) < 4.78 is 26.0. The first-order valence-electron chi connectivity index (χ1n) is 10.0. The summed E-state index contributed by atoms with van der Waals surface area (Å²) in [5.74, 6) is -2.25. The molecule has 1 saturated carbocycles. The minimum atomic E-state index is -2.56. The van der Waals surface area contributed by atoms with Gasteiger partial charge in [0.1, 0.15) is 6.07 Å². The van der Waals surface area contributed by atoms with Gasteiger partial charge in [-0.2, -0.15) is 5.26 Å². The smallest absolute Gasteiger partial charge is 0.317 e. The van der Waals surface area contributed by atoms with E-state index >= 15 is 0 Å². The number of urea groups is 1. The molecule has 7 heteroatoms. The molecule has 2 aromatic rings. The van der Waals surface area contributed by atoms with Gasteiger partial charge in [0, 0.05) is 50.0 Å². The lowest BCUT2D eigenvalue weighted by Crippen LogP contribution is -2.50. The number of rotatable bonds is 3. The number of hydrogen-bond acceptors (Lipinski definition) is 3. The number of pyridine rings is 1. The fraction of sp³-hybridized carbons (Fsp3) is 0.500. The van der Waals surface area contributed by atoms with Crippen LogP contribution in [0.15, 0.2) is 30.5 Å². The van der Waals surface area contributed by atoms with Crippen molar-refractivity contribution in [2.45, 2.75) is 38.0 Å². The SMILES string of the molecule is CC1CC(c2ccc(C#N)c3ncccc23)CN(C(=O)NCC2CC(F)(F)C2)C1. The summed E-state index contributed by atoms with van der Waals surface area (Å²) >= 11 is 0. The van der Waals surface area contributed by atoms with E-state index in [-0.39, 0.29) is 30.7 Å². The number of nitrogens with one attached hydrogen (secondary N) is 1. The summed E-state index contributed by atoms with van der Waals surface area (Å²) in [6, 6.07) is 9.60. The van der Waals surface area contributed by atoms with Crippen molar-refractivity contribution in [2.75, 3.05) is 19.6 Å². The van der Waals surface area contributed by atoms with Gasteiger partial charge in [0.2, 0.25) is 5.92 Å². The molecule has 2 aliphatic rings. The van der Waals surface area contributed by atoms with Gasteiger partial charge in [0.15, 0.2) is 0 Å². The molecule has 1 aliphatic heterocycles. The monoisotopic (exact) mass is 398 g/mol. The van der Waals surface area contributed by atoms with Crippen LogP contribution in [0.25, 0.3) is 10.9 Å². The van der Waals surface area contributed by atoms with Crippen molar-refractivity contribution in [1.82, 2.24) is 15.2 Å². The van der Waals surface area contributed by atoms with E-state index in [1.54, 1.807) is 17.2 Å². The zero-order valence-electron chi connectivity index (χ0n) is 16.4. The Morgan fingerprint density at radius 3 is 2.86 bits per heavy atom. The van der Waals surface area contributed by atoms with Crippen molar-refractivity contribution in [3.63, 3.8) is 0 Å². The van der Waals surface area contributed by atoms with Crippen molar-refractivity contribution in [3.8, 4) is 6.07 Å². The Morgan fingerprint density at radius 2 is 2.14 bits per heavy atom. The maximum Gasteiger partial charge on any atom is 0.317 e. The van der Waals surface area contributed by atoms with Crippen molar-refractivity contribution >= 4 is 16.9 Å². The molecule has 2 unspecified atom stereocenters. The minimum Gasteiger partial charge on any atom is -0.338 e. The second-order valence-corrected chi connectivity index (χ2v) is 8.47. The molecule has 0 bridgehead atoms. The van der Waals surface area contributed by atoms with Gasteiger partial charge in [-0.25, -0.2) is 13.6 Å². The normalized spacial score (nSPS) is 24.0. The standard InChI is InChI=1S/C22H24F2N4O/c1-14-7-17(18-5-4-16(10-25)20-19(18)3-2-6-26-20)13-28(12-14)21(29)27-11-15-8-22(23,24)9-15/h2-6,14-15,17H,7-9,11-13H2,1H3,(H,27,29). The largest absolute Gasteiger partial charge is 0.338 e. The molecule has 2 atom stereocenters. The van der Waals surface area contributed by atoms with E-state index in [1.807, 2.05) is 18.2 Å². The number of amides is 2. The topological polar surface area (TPSA) is 69.0 Å². The van der Waals surface area contributed by atoms with Crippen molar-refractivity contribution in [3.05, 3.63) is 41.6 Å². The van der Waals surface area contributed by atoms with Gasteiger partial charge in [0.05, 0.1) is 11.1 Å². The van der Waals surface area contributed by atoms with Gasteiger partial charge in [0.25, 0.3) is 0 Å².